The lowest BCUT2D eigenvalue weighted by Gasteiger charge is -2.37. The highest BCUT2D eigenvalue weighted by Crippen LogP contribution is 2.43. The van der Waals surface area contributed by atoms with E-state index in [0.717, 1.165) is 4.90 Å². The maximum atomic E-state index is 13.3. The molecule has 1 atom stereocenters. The molecule has 1 aromatic carbocycles. The van der Waals surface area contributed by atoms with Gasteiger partial charge in [-0.2, -0.15) is 26.3 Å². The number of halogens is 9. The summed E-state index contributed by atoms with van der Waals surface area (Å²) in [6.07, 6.45) is -9.92. The van der Waals surface area contributed by atoms with E-state index in [4.69, 9.17) is 0 Å². The molecule has 2 rings (SSSR count). The second kappa shape index (κ2) is 8.55. The topological polar surface area (TPSA) is 15.3 Å². The lowest BCUT2D eigenvalue weighted by atomic mass is 9.97. The van der Waals surface area contributed by atoms with Crippen LogP contribution in [0.1, 0.15) is 17.2 Å². The number of hydrogen-bond donors (Lipinski definition) is 1. The average Bonchev–Trinajstić information content (AvgIpc) is 2.37. The van der Waals surface area contributed by atoms with Gasteiger partial charge in [-0.1, -0.05) is 0 Å². The van der Waals surface area contributed by atoms with E-state index < -0.39 is 35.3 Å². The highest BCUT2D eigenvalue weighted by Gasteiger charge is 2.48. The third-order valence-corrected chi connectivity index (χ3v) is 3.44. The van der Waals surface area contributed by atoms with Gasteiger partial charge in [-0.3, -0.25) is 4.90 Å². The predicted molar refractivity (Wildman–Crippen MR) is 79.1 cm³/mol. The summed E-state index contributed by atoms with van der Waals surface area (Å²) in [7, 11) is 0. The van der Waals surface area contributed by atoms with Crippen molar-refractivity contribution in [3.05, 3.63) is 35.1 Å². The first-order valence-electron chi connectivity index (χ1n) is 6.49. The van der Waals surface area contributed by atoms with E-state index in [1.807, 2.05) is 0 Å². The summed E-state index contributed by atoms with van der Waals surface area (Å²) < 4.78 is 92.2. The van der Waals surface area contributed by atoms with Gasteiger partial charge in [0.05, 0.1) is 5.56 Å². The van der Waals surface area contributed by atoms with E-state index in [0.29, 0.717) is 18.2 Å². The molecule has 0 aliphatic carbocycles. The first-order chi connectivity index (χ1) is 10.1. The van der Waals surface area contributed by atoms with Crippen LogP contribution < -0.4 is 5.32 Å². The van der Waals surface area contributed by atoms with Crippen LogP contribution in [0.3, 0.4) is 0 Å². The van der Waals surface area contributed by atoms with Crippen LogP contribution in [0.5, 0.6) is 0 Å². The molecule has 1 fully saturated rings. The molecule has 0 amide bonds. The first-order valence-corrected chi connectivity index (χ1v) is 6.49. The van der Waals surface area contributed by atoms with Crippen LogP contribution in [0.4, 0.5) is 30.7 Å². The molecular weight excluding hydrogens is 388 g/mol. The summed E-state index contributed by atoms with van der Waals surface area (Å²) in [6.45, 7) is 0.308. The molecular formula is C13H15Cl2F7N2. The zero-order chi connectivity index (χ0) is 16.5. The number of piperazine rings is 1. The van der Waals surface area contributed by atoms with Crippen LogP contribution in [0.2, 0.25) is 0 Å². The van der Waals surface area contributed by atoms with Gasteiger partial charge in [0.1, 0.15) is 11.9 Å². The van der Waals surface area contributed by atoms with Gasteiger partial charge < -0.3 is 5.32 Å². The maximum absolute atomic E-state index is 13.3. The van der Waals surface area contributed by atoms with Crippen molar-refractivity contribution >= 4 is 24.8 Å². The van der Waals surface area contributed by atoms with Crippen LogP contribution in [-0.2, 0) is 6.18 Å². The molecule has 2 nitrogen and oxygen atoms in total. The average molecular weight is 403 g/mol. The molecule has 0 spiro atoms. The third-order valence-electron chi connectivity index (χ3n) is 3.44. The van der Waals surface area contributed by atoms with E-state index in [-0.39, 0.29) is 51.0 Å². The molecule has 1 saturated heterocycles. The fourth-order valence-corrected chi connectivity index (χ4v) is 2.54. The van der Waals surface area contributed by atoms with Gasteiger partial charge in [0.15, 0.2) is 0 Å². The fraction of sp³-hybridized carbons (Fsp3) is 0.538. The molecule has 0 unspecified atom stereocenters. The van der Waals surface area contributed by atoms with Gasteiger partial charge in [0.25, 0.3) is 0 Å². The van der Waals surface area contributed by atoms with E-state index in [1.54, 1.807) is 0 Å². The number of benzene rings is 1. The highest BCUT2D eigenvalue weighted by molar-refractivity contribution is 5.85. The highest BCUT2D eigenvalue weighted by atomic mass is 35.5. The Kier molecular flexibility index (Phi) is 8.28. The molecule has 24 heavy (non-hydrogen) atoms. The standard InChI is InChI=1S/C13H13F7N2.2ClH/c14-8-1-2-10(12(15,16)17)9(7-8)11(13(18,19)20)22-5-3-21-4-6-22;;/h1-2,7,11,21H,3-6H2;2*1H/t11-;;/m1../s1. The Balaban J connectivity index is 0.00000264. The molecule has 1 aliphatic heterocycles. The Morgan fingerprint density at radius 2 is 1.50 bits per heavy atom. The summed E-state index contributed by atoms with van der Waals surface area (Å²) in [5.74, 6) is -1.13. The second-order valence-electron chi connectivity index (χ2n) is 4.96. The molecule has 1 N–H and O–H groups in total. The largest absolute Gasteiger partial charge is 0.416 e. The quantitative estimate of drug-likeness (QED) is 0.745. The normalized spacial score (nSPS) is 17.6. The molecule has 0 saturated carbocycles. The van der Waals surface area contributed by atoms with Crippen molar-refractivity contribution in [3.63, 3.8) is 0 Å². The van der Waals surface area contributed by atoms with Crippen LogP contribution in [0.15, 0.2) is 18.2 Å². The molecule has 1 aromatic rings. The fourth-order valence-electron chi connectivity index (χ4n) is 2.54. The maximum Gasteiger partial charge on any atom is 0.416 e. The SMILES string of the molecule is Cl.Cl.Fc1ccc(C(F)(F)F)c([C@@H](N2CCNCC2)C(F)(F)F)c1. The molecule has 0 aromatic heterocycles. The summed E-state index contributed by atoms with van der Waals surface area (Å²) in [5.41, 5.74) is -2.56. The first kappa shape index (κ1) is 23.2. The summed E-state index contributed by atoms with van der Waals surface area (Å²) in [6, 6.07) is -1.30. The van der Waals surface area contributed by atoms with E-state index in [1.165, 1.54) is 0 Å². The molecule has 0 radical (unpaired) electrons. The number of alkyl halides is 6. The van der Waals surface area contributed by atoms with Gasteiger partial charge in [-0.05, 0) is 23.8 Å². The van der Waals surface area contributed by atoms with Gasteiger partial charge in [0, 0.05) is 26.2 Å². The second-order valence-corrected chi connectivity index (χ2v) is 4.96. The summed E-state index contributed by atoms with van der Waals surface area (Å²) in [4.78, 5) is 0.889. The van der Waals surface area contributed by atoms with Crippen LogP contribution in [0.25, 0.3) is 0 Å². The lowest BCUT2D eigenvalue weighted by molar-refractivity contribution is -0.190. The monoisotopic (exact) mass is 402 g/mol. The number of rotatable bonds is 2. The number of hydrogen-bond acceptors (Lipinski definition) is 2. The minimum atomic E-state index is -4.99. The lowest BCUT2D eigenvalue weighted by Crippen LogP contribution is -2.49. The van der Waals surface area contributed by atoms with Crippen LogP contribution >= 0.6 is 24.8 Å². The zero-order valence-corrected chi connectivity index (χ0v) is 13.7. The van der Waals surface area contributed by atoms with Gasteiger partial charge in [-0.25, -0.2) is 4.39 Å². The van der Waals surface area contributed by atoms with E-state index >= 15 is 0 Å². The zero-order valence-electron chi connectivity index (χ0n) is 12.0. The minimum Gasteiger partial charge on any atom is -0.314 e. The Hall–Kier alpha value is -0.770. The van der Waals surface area contributed by atoms with Gasteiger partial charge in [0.2, 0.25) is 0 Å². The van der Waals surface area contributed by atoms with Crippen LogP contribution in [-0.4, -0.2) is 37.3 Å². The molecule has 0 bridgehead atoms. The van der Waals surface area contributed by atoms with Gasteiger partial charge in [-0.15, -0.1) is 24.8 Å². The molecule has 11 heteroatoms. The van der Waals surface area contributed by atoms with Crippen molar-refractivity contribution in [2.24, 2.45) is 0 Å². The van der Waals surface area contributed by atoms with Crippen molar-refractivity contribution in [1.82, 2.24) is 10.2 Å². The van der Waals surface area contributed by atoms with Crippen LogP contribution in [0, 0.1) is 5.82 Å². The molecule has 140 valence electrons. The van der Waals surface area contributed by atoms with Crippen molar-refractivity contribution in [2.45, 2.75) is 18.4 Å². The third kappa shape index (κ3) is 5.37. The minimum absolute atomic E-state index is 0. The number of nitrogens with one attached hydrogen (secondary N) is 1. The Morgan fingerprint density at radius 1 is 0.958 bits per heavy atom. The van der Waals surface area contributed by atoms with Crippen molar-refractivity contribution in [2.75, 3.05) is 26.2 Å². The Bertz CT molecular complexity index is 528. The Labute approximate surface area is 146 Å². The van der Waals surface area contributed by atoms with E-state index in [2.05, 4.69) is 5.32 Å². The smallest absolute Gasteiger partial charge is 0.314 e. The summed E-state index contributed by atoms with van der Waals surface area (Å²) >= 11 is 0. The van der Waals surface area contributed by atoms with Gasteiger partial charge >= 0.3 is 12.4 Å². The number of nitrogens with zero attached hydrogens (tertiary/aromatic N) is 1. The molecule has 1 aliphatic rings. The van der Waals surface area contributed by atoms with Crippen molar-refractivity contribution in [3.8, 4) is 0 Å². The summed E-state index contributed by atoms with van der Waals surface area (Å²) in [5, 5.41) is 2.82. The van der Waals surface area contributed by atoms with Crippen molar-refractivity contribution < 1.29 is 30.7 Å². The Morgan fingerprint density at radius 3 is 1.96 bits per heavy atom. The van der Waals surface area contributed by atoms with Crippen molar-refractivity contribution in [1.29, 1.82) is 0 Å². The predicted octanol–water partition coefficient (Wildman–Crippen LogP) is 4.20. The molecule has 1 heterocycles. The van der Waals surface area contributed by atoms with E-state index in [9.17, 15) is 30.7 Å².